The molecule has 0 spiro atoms. The maximum atomic E-state index is 13.7. The van der Waals surface area contributed by atoms with Crippen molar-refractivity contribution in [3.63, 3.8) is 0 Å². The molecule has 0 amide bonds. The second-order valence-electron chi connectivity index (χ2n) is 8.06. The molecule has 158 valence electrons. The molecule has 0 bridgehead atoms. The Hall–Kier alpha value is -2.73. The number of Topliss-reactive ketones (excluding diaryl/α,β-unsaturated/α-hetero) is 1. The van der Waals surface area contributed by atoms with Gasteiger partial charge in [-0.05, 0) is 42.5 Å². The number of aromatic nitrogens is 1. The highest BCUT2D eigenvalue weighted by Gasteiger charge is 2.54. The number of nitriles is 1. The number of anilines is 1. The van der Waals surface area contributed by atoms with Crippen LogP contribution in [0.4, 0.5) is 18.9 Å². The largest absolute Gasteiger partial charge is 0.398 e. The van der Waals surface area contributed by atoms with Crippen molar-refractivity contribution < 1.29 is 23.1 Å². The number of carbonyl (C=O) groups is 1. The van der Waals surface area contributed by atoms with Gasteiger partial charge in [-0.2, -0.15) is 18.4 Å². The molecule has 1 aliphatic carbocycles. The smallest absolute Gasteiger partial charge is 0.384 e. The Morgan fingerprint density at radius 1 is 1.30 bits per heavy atom. The maximum Gasteiger partial charge on any atom is 0.398 e. The summed E-state index contributed by atoms with van der Waals surface area (Å²) in [6.07, 6.45) is -4.05. The number of aryl methyl sites for hydroxylation is 1. The number of nitrogens with zero attached hydrogens (tertiary/aromatic N) is 4. The molecule has 1 saturated heterocycles. The van der Waals surface area contributed by atoms with Gasteiger partial charge in [-0.1, -0.05) is 0 Å². The Kier molecular flexibility index (Phi) is 5.14. The molecule has 30 heavy (non-hydrogen) atoms. The van der Waals surface area contributed by atoms with E-state index in [1.807, 2.05) is 19.1 Å². The molecule has 0 aromatic carbocycles. The molecule has 1 aromatic rings. The van der Waals surface area contributed by atoms with Crippen molar-refractivity contribution in [3.05, 3.63) is 34.7 Å². The van der Waals surface area contributed by atoms with E-state index in [2.05, 4.69) is 14.9 Å². The van der Waals surface area contributed by atoms with E-state index in [0.29, 0.717) is 42.9 Å². The number of hydrogen-bond donors (Lipinski definition) is 1. The summed E-state index contributed by atoms with van der Waals surface area (Å²) < 4.78 is 41.1. The summed E-state index contributed by atoms with van der Waals surface area (Å²) in [6, 6.07) is 3.92. The number of aliphatic hydroxyl groups excluding tert-OH is 1. The van der Waals surface area contributed by atoms with Crippen LogP contribution in [0.1, 0.15) is 30.5 Å². The molecule has 1 aromatic heterocycles. The Bertz CT molecular complexity index is 985. The summed E-state index contributed by atoms with van der Waals surface area (Å²) in [5.41, 5.74) is 2.89. The number of aliphatic imine (C=N–C) groups is 1. The van der Waals surface area contributed by atoms with Gasteiger partial charge in [0.15, 0.2) is 5.78 Å². The number of rotatable bonds is 2. The second kappa shape index (κ2) is 7.51. The van der Waals surface area contributed by atoms with E-state index in [4.69, 9.17) is 5.26 Å². The minimum atomic E-state index is -4.70. The van der Waals surface area contributed by atoms with Crippen LogP contribution in [0.25, 0.3) is 0 Å². The molecule has 2 aliphatic heterocycles. The number of ketones is 1. The van der Waals surface area contributed by atoms with Crippen LogP contribution in [-0.4, -0.2) is 53.5 Å². The second-order valence-corrected chi connectivity index (χ2v) is 8.06. The predicted molar refractivity (Wildman–Crippen MR) is 103 cm³/mol. The van der Waals surface area contributed by atoms with Crippen molar-refractivity contribution in [2.24, 2.45) is 16.8 Å². The highest BCUT2D eigenvalue weighted by atomic mass is 19.4. The summed E-state index contributed by atoms with van der Waals surface area (Å²) in [5, 5.41) is 19.0. The van der Waals surface area contributed by atoms with E-state index in [0.717, 1.165) is 11.3 Å². The van der Waals surface area contributed by atoms with Crippen molar-refractivity contribution >= 4 is 17.2 Å². The zero-order chi connectivity index (χ0) is 21.6. The van der Waals surface area contributed by atoms with Crippen LogP contribution in [-0.2, 0) is 4.79 Å². The first kappa shape index (κ1) is 20.5. The zero-order valence-electron chi connectivity index (χ0n) is 16.4. The highest BCUT2D eigenvalue weighted by molar-refractivity contribution is 6.08. The number of aliphatic hydroxyl groups is 1. The average molecular weight is 418 g/mol. The normalized spacial score (nSPS) is 25.3. The van der Waals surface area contributed by atoms with Crippen molar-refractivity contribution in [2.75, 3.05) is 24.5 Å². The fourth-order valence-electron chi connectivity index (χ4n) is 4.67. The molecule has 0 saturated carbocycles. The van der Waals surface area contributed by atoms with Crippen LogP contribution >= 0.6 is 0 Å². The molecule has 0 radical (unpaired) electrons. The number of hydrogen-bond acceptors (Lipinski definition) is 6. The Morgan fingerprint density at radius 3 is 2.60 bits per heavy atom. The van der Waals surface area contributed by atoms with Gasteiger partial charge in [-0.25, -0.2) is 4.98 Å². The number of pyridine rings is 1. The van der Waals surface area contributed by atoms with Gasteiger partial charge >= 0.3 is 6.18 Å². The van der Waals surface area contributed by atoms with Gasteiger partial charge < -0.3 is 10.0 Å². The molecule has 1 N–H and O–H groups in total. The lowest BCUT2D eigenvalue weighted by atomic mass is 9.74. The number of halogens is 3. The van der Waals surface area contributed by atoms with Gasteiger partial charge in [-0.3, -0.25) is 9.79 Å². The van der Waals surface area contributed by atoms with Crippen molar-refractivity contribution in [2.45, 2.75) is 38.5 Å². The minimum Gasteiger partial charge on any atom is -0.384 e. The number of piperidine rings is 1. The van der Waals surface area contributed by atoms with Gasteiger partial charge in [0.25, 0.3) is 0 Å². The van der Waals surface area contributed by atoms with E-state index in [1.165, 1.54) is 0 Å². The first-order chi connectivity index (χ1) is 14.2. The molecule has 1 fully saturated rings. The first-order valence-electron chi connectivity index (χ1n) is 9.86. The number of alkyl halides is 3. The third-order valence-electron chi connectivity index (χ3n) is 6.21. The molecule has 9 heteroatoms. The molecule has 3 aliphatic rings. The van der Waals surface area contributed by atoms with Crippen LogP contribution in [0.3, 0.4) is 0 Å². The number of carbonyl (C=O) groups excluding carboxylic acids is 1. The van der Waals surface area contributed by atoms with E-state index < -0.39 is 24.0 Å². The predicted octanol–water partition coefficient (Wildman–Crippen LogP) is 2.74. The lowest BCUT2D eigenvalue weighted by Crippen LogP contribution is -2.46. The monoisotopic (exact) mass is 418 g/mol. The Morgan fingerprint density at radius 2 is 2.00 bits per heavy atom. The third-order valence-corrected chi connectivity index (χ3v) is 6.21. The molecule has 2 atom stereocenters. The summed E-state index contributed by atoms with van der Waals surface area (Å²) in [7, 11) is 0. The van der Waals surface area contributed by atoms with E-state index in [-0.39, 0.29) is 24.5 Å². The van der Waals surface area contributed by atoms with E-state index in [9.17, 15) is 23.1 Å². The Balaban J connectivity index is 1.52. The van der Waals surface area contributed by atoms with Crippen LogP contribution in [0.2, 0.25) is 0 Å². The minimum absolute atomic E-state index is 0.0453. The first-order valence-corrected chi connectivity index (χ1v) is 9.86. The standard InChI is InChI=1S/C21H21F3N4O2/c1-11-6-14(10-26-15(11)8-25)28-4-2-12(3-5-28)19-17-13(9-27-19)7-16(29)20(30)18(17)21(22,23)24/h6,10,12,18,20,30H,2-5,7,9H2,1H3/t18-,20+/m1/s1. The molecule has 4 rings (SSSR count). The summed E-state index contributed by atoms with van der Waals surface area (Å²) in [4.78, 5) is 22.5. The van der Waals surface area contributed by atoms with Gasteiger partial charge in [-0.15, -0.1) is 0 Å². The lowest BCUT2D eigenvalue weighted by Gasteiger charge is -2.37. The van der Waals surface area contributed by atoms with Crippen LogP contribution < -0.4 is 4.90 Å². The van der Waals surface area contributed by atoms with Crippen LogP contribution in [0.5, 0.6) is 0 Å². The molecule has 3 heterocycles. The van der Waals surface area contributed by atoms with E-state index >= 15 is 0 Å². The summed E-state index contributed by atoms with van der Waals surface area (Å²) >= 11 is 0. The quantitative estimate of drug-likeness (QED) is 0.798. The van der Waals surface area contributed by atoms with Crippen molar-refractivity contribution in [3.8, 4) is 6.07 Å². The topological polar surface area (TPSA) is 89.6 Å². The molecular weight excluding hydrogens is 397 g/mol. The summed E-state index contributed by atoms with van der Waals surface area (Å²) in [6.45, 7) is 3.17. The van der Waals surface area contributed by atoms with Gasteiger partial charge in [0, 0.05) is 31.1 Å². The molecular formula is C21H21F3N4O2. The fraction of sp³-hybridized carbons (Fsp3) is 0.524. The van der Waals surface area contributed by atoms with Crippen molar-refractivity contribution in [1.29, 1.82) is 5.26 Å². The SMILES string of the molecule is Cc1cc(N2CCC(C3=NCC4=C3[C@@H](C(F)(F)F)[C@@H](O)C(=O)C4)CC2)cnc1C#N. The fourth-order valence-corrected chi connectivity index (χ4v) is 4.67. The maximum absolute atomic E-state index is 13.7. The third kappa shape index (κ3) is 3.49. The van der Waals surface area contributed by atoms with Crippen molar-refractivity contribution in [1.82, 2.24) is 4.98 Å². The lowest BCUT2D eigenvalue weighted by molar-refractivity contribution is -0.190. The van der Waals surface area contributed by atoms with Crippen LogP contribution in [0.15, 0.2) is 28.4 Å². The van der Waals surface area contributed by atoms with Crippen LogP contribution in [0, 0.1) is 30.1 Å². The average Bonchev–Trinajstić information content (AvgIpc) is 3.10. The highest BCUT2D eigenvalue weighted by Crippen LogP contribution is 2.45. The van der Waals surface area contributed by atoms with E-state index in [1.54, 1.807) is 6.20 Å². The molecule has 6 nitrogen and oxygen atoms in total. The molecule has 0 unspecified atom stereocenters. The zero-order valence-corrected chi connectivity index (χ0v) is 16.4. The summed E-state index contributed by atoms with van der Waals surface area (Å²) in [5.74, 6) is -3.11. The van der Waals surface area contributed by atoms with Gasteiger partial charge in [0.2, 0.25) is 0 Å². The Labute approximate surface area is 171 Å². The van der Waals surface area contributed by atoms with Gasteiger partial charge in [0.1, 0.15) is 23.8 Å². The van der Waals surface area contributed by atoms with Gasteiger partial charge in [0.05, 0.1) is 18.4 Å².